The highest BCUT2D eigenvalue weighted by molar-refractivity contribution is 5.72. The number of unbranched alkanes of at least 4 members (excludes halogenated alkanes) is 3. The maximum atomic E-state index is 12.0. The van der Waals surface area contributed by atoms with Crippen molar-refractivity contribution in [2.45, 2.75) is 90.6 Å². The van der Waals surface area contributed by atoms with E-state index >= 15 is 0 Å². The van der Waals surface area contributed by atoms with Gasteiger partial charge in [-0.25, -0.2) is 0 Å². The summed E-state index contributed by atoms with van der Waals surface area (Å²) in [6.07, 6.45) is 11.6. The second-order valence-corrected chi connectivity index (χ2v) is 5.93. The standard InChI is InChI=1S/C16H30O2/c1-4-6-7-8-11-16(12-9-10-13-16)18-15(17)14(3)5-2/h14H,4-13H2,1-3H3. The van der Waals surface area contributed by atoms with Gasteiger partial charge in [0.25, 0.3) is 0 Å². The van der Waals surface area contributed by atoms with E-state index in [9.17, 15) is 4.79 Å². The molecule has 0 aromatic heterocycles. The van der Waals surface area contributed by atoms with Gasteiger partial charge in [0.1, 0.15) is 5.60 Å². The summed E-state index contributed by atoms with van der Waals surface area (Å²) in [7, 11) is 0. The van der Waals surface area contributed by atoms with Crippen molar-refractivity contribution in [1.29, 1.82) is 0 Å². The second-order valence-electron chi connectivity index (χ2n) is 5.93. The second kappa shape index (κ2) is 7.81. The minimum absolute atomic E-state index is 0.0230. The molecule has 0 aliphatic heterocycles. The van der Waals surface area contributed by atoms with Crippen LogP contribution in [0.2, 0.25) is 0 Å². The first-order chi connectivity index (χ1) is 8.63. The Morgan fingerprint density at radius 1 is 1.17 bits per heavy atom. The Balaban J connectivity index is 2.44. The first kappa shape index (κ1) is 15.5. The predicted molar refractivity (Wildman–Crippen MR) is 75.5 cm³/mol. The summed E-state index contributed by atoms with van der Waals surface area (Å²) in [6, 6.07) is 0. The molecule has 0 heterocycles. The largest absolute Gasteiger partial charge is 0.459 e. The van der Waals surface area contributed by atoms with Crippen LogP contribution in [0.1, 0.15) is 85.0 Å². The Morgan fingerprint density at radius 2 is 1.83 bits per heavy atom. The van der Waals surface area contributed by atoms with E-state index in [2.05, 4.69) is 13.8 Å². The van der Waals surface area contributed by atoms with Gasteiger partial charge in [-0.15, -0.1) is 0 Å². The van der Waals surface area contributed by atoms with E-state index in [-0.39, 0.29) is 17.5 Å². The van der Waals surface area contributed by atoms with Gasteiger partial charge < -0.3 is 4.74 Å². The highest BCUT2D eigenvalue weighted by Crippen LogP contribution is 2.38. The van der Waals surface area contributed by atoms with Crippen molar-refractivity contribution in [3.05, 3.63) is 0 Å². The molecule has 1 rings (SSSR count). The maximum Gasteiger partial charge on any atom is 0.309 e. The lowest BCUT2D eigenvalue weighted by atomic mass is 9.93. The number of esters is 1. The lowest BCUT2D eigenvalue weighted by Gasteiger charge is -2.30. The first-order valence-electron chi connectivity index (χ1n) is 7.86. The zero-order valence-corrected chi connectivity index (χ0v) is 12.5. The van der Waals surface area contributed by atoms with Crippen molar-refractivity contribution < 1.29 is 9.53 Å². The summed E-state index contributed by atoms with van der Waals surface area (Å²) in [4.78, 5) is 12.0. The van der Waals surface area contributed by atoms with Crippen LogP contribution in [0.5, 0.6) is 0 Å². The first-order valence-corrected chi connectivity index (χ1v) is 7.86. The van der Waals surface area contributed by atoms with Crippen molar-refractivity contribution in [3.8, 4) is 0 Å². The molecule has 0 saturated heterocycles. The number of hydrogen-bond acceptors (Lipinski definition) is 2. The topological polar surface area (TPSA) is 26.3 Å². The molecule has 1 unspecified atom stereocenters. The van der Waals surface area contributed by atoms with Crippen LogP contribution in [0, 0.1) is 5.92 Å². The highest BCUT2D eigenvalue weighted by Gasteiger charge is 2.37. The van der Waals surface area contributed by atoms with Crippen molar-refractivity contribution in [3.63, 3.8) is 0 Å². The SMILES string of the molecule is CCCCCCC1(OC(=O)C(C)CC)CCCC1. The van der Waals surface area contributed by atoms with Crippen LogP contribution in [0.4, 0.5) is 0 Å². The number of carbonyl (C=O) groups is 1. The minimum Gasteiger partial charge on any atom is -0.459 e. The molecule has 1 atom stereocenters. The summed E-state index contributed by atoms with van der Waals surface area (Å²) in [6.45, 7) is 6.25. The van der Waals surface area contributed by atoms with Gasteiger partial charge in [0.05, 0.1) is 5.92 Å². The highest BCUT2D eigenvalue weighted by atomic mass is 16.6. The van der Waals surface area contributed by atoms with Crippen LogP contribution < -0.4 is 0 Å². The van der Waals surface area contributed by atoms with Gasteiger partial charge in [0.2, 0.25) is 0 Å². The molecular formula is C16H30O2. The van der Waals surface area contributed by atoms with E-state index in [0.29, 0.717) is 0 Å². The smallest absolute Gasteiger partial charge is 0.309 e. The molecule has 0 bridgehead atoms. The quantitative estimate of drug-likeness (QED) is 0.457. The van der Waals surface area contributed by atoms with Crippen LogP contribution in [-0.4, -0.2) is 11.6 Å². The molecule has 1 aliphatic carbocycles. The lowest BCUT2D eigenvalue weighted by Crippen LogP contribution is -2.34. The van der Waals surface area contributed by atoms with Crippen molar-refractivity contribution in [2.75, 3.05) is 0 Å². The van der Waals surface area contributed by atoms with Crippen molar-refractivity contribution >= 4 is 5.97 Å². The molecule has 0 spiro atoms. The Morgan fingerprint density at radius 3 is 2.39 bits per heavy atom. The molecule has 2 heteroatoms. The van der Waals surface area contributed by atoms with E-state index in [1.807, 2.05) is 6.92 Å². The molecule has 0 amide bonds. The minimum atomic E-state index is -0.103. The van der Waals surface area contributed by atoms with Gasteiger partial charge >= 0.3 is 5.97 Å². The zero-order valence-electron chi connectivity index (χ0n) is 12.5. The monoisotopic (exact) mass is 254 g/mol. The number of carbonyl (C=O) groups excluding carboxylic acids is 1. The Kier molecular flexibility index (Phi) is 6.73. The summed E-state index contributed by atoms with van der Waals surface area (Å²) < 4.78 is 5.89. The summed E-state index contributed by atoms with van der Waals surface area (Å²) in [5.74, 6) is 0.0769. The molecule has 2 nitrogen and oxygen atoms in total. The Hall–Kier alpha value is -0.530. The average Bonchev–Trinajstić information content (AvgIpc) is 2.82. The third-order valence-corrected chi connectivity index (χ3v) is 4.33. The van der Waals surface area contributed by atoms with Gasteiger partial charge in [-0.1, -0.05) is 40.0 Å². The van der Waals surface area contributed by atoms with Crippen LogP contribution in [-0.2, 0) is 9.53 Å². The normalized spacial score (nSPS) is 19.7. The lowest BCUT2D eigenvalue weighted by molar-refractivity contribution is -0.164. The van der Waals surface area contributed by atoms with Gasteiger partial charge in [0, 0.05) is 0 Å². The summed E-state index contributed by atoms with van der Waals surface area (Å²) in [5.41, 5.74) is -0.103. The van der Waals surface area contributed by atoms with Gasteiger partial charge in [-0.2, -0.15) is 0 Å². The van der Waals surface area contributed by atoms with Crippen LogP contribution >= 0.6 is 0 Å². The van der Waals surface area contributed by atoms with Crippen molar-refractivity contribution in [2.24, 2.45) is 5.92 Å². The van der Waals surface area contributed by atoms with Crippen molar-refractivity contribution in [1.82, 2.24) is 0 Å². The molecule has 0 aromatic carbocycles. The molecule has 1 fully saturated rings. The fraction of sp³-hybridized carbons (Fsp3) is 0.938. The average molecular weight is 254 g/mol. The zero-order chi connectivity index (χ0) is 13.4. The molecule has 1 aliphatic rings. The summed E-state index contributed by atoms with van der Waals surface area (Å²) in [5, 5.41) is 0. The molecule has 0 radical (unpaired) electrons. The Bertz CT molecular complexity index is 241. The molecule has 0 N–H and O–H groups in total. The molecule has 18 heavy (non-hydrogen) atoms. The number of ether oxygens (including phenoxy) is 1. The van der Waals surface area contributed by atoms with Crippen LogP contribution in [0.3, 0.4) is 0 Å². The molecular weight excluding hydrogens is 224 g/mol. The van der Waals surface area contributed by atoms with E-state index in [0.717, 1.165) is 25.7 Å². The van der Waals surface area contributed by atoms with E-state index in [1.54, 1.807) is 0 Å². The van der Waals surface area contributed by atoms with E-state index < -0.39 is 0 Å². The van der Waals surface area contributed by atoms with E-state index in [4.69, 9.17) is 4.74 Å². The molecule has 106 valence electrons. The predicted octanol–water partition coefficient (Wildman–Crippen LogP) is 4.86. The third-order valence-electron chi connectivity index (χ3n) is 4.33. The van der Waals surface area contributed by atoms with Gasteiger partial charge in [-0.05, 0) is 44.9 Å². The van der Waals surface area contributed by atoms with E-state index in [1.165, 1.54) is 38.5 Å². The van der Waals surface area contributed by atoms with Crippen LogP contribution in [0.15, 0.2) is 0 Å². The van der Waals surface area contributed by atoms with Crippen LogP contribution in [0.25, 0.3) is 0 Å². The maximum absolute atomic E-state index is 12.0. The Labute approximate surface area is 112 Å². The summed E-state index contributed by atoms with van der Waals surface area (Å²) >= 11 is 0. The molecule has 1 saturated carbocycles. The third kappa shape index (κ3) is 4.62. The number of hydrogen-bond donors (Lipinski definition) is 0. The molecule has 0 aromatic rings. The fourth-order valence-corrected chi connectivity index (χ4v) is 2.78. The van der Waals surface area contributed by atoms with Gasteiger partial charge in [-0.3, -0.25) is 4.79 Å². The number of rotatable bonds is 8. The van der Waals surface area contributed by atoms with Gasteiger partial charge in [0.15, 0.2) is 0 Å². The fourth-order valence-electron chi connectivity index (χ4n) is 2.78.